The Labute approximate surface area is 130 Å². The summed E-state index contributed by atoms with van der Waals surface area (Å²) in [6, 6.07) is 14.8. The predicted molar refractivity (Wildman–Crippen MR) is 84.3 cm³/mol. The summed E-state index contributed by atoms with van der Waals surface area (Å²) >= 11 is 0. The third-order valence-corrected chi connectivity index (χ3v) is 3.80. The number of rotatable bonds is 5. The number of esters is 1. The van der Waals surface area contributed by atoms with Gasteiger partial charge in [-0.05, 0) is 42.3 Å². The first kappa shape index (κ1) is 16.0. The number of hydrogen-bond acceptors (Lipinski definition) is 4. The van der Waals surface area contributed by atoms with Crippen molar-refractivity contribution in [2.75, 3.05) is 13.7 Å². The molecule has 2 rings (SSSR count). The molecule has 2 aromatic rings. The predicted octanol–water partition coefficient (Wildman–Crippen LogP) is 2.92. The van der Waals surface area contributed by atoms with Crippen LogP contribution in [0.5, 0.6) is 11.5 Å². The molecule has 0 amide bonds. The van der Waals surface area contributed by atoms with E-state index in [0.717, 1.165) is 16.9 Å². The van der Waals surface area contributed by atoms with Crippen molar-refractivity contribution < 1.29 is 19.4 Å². The fourth-order valence-electron chi connectivity index (χ4n) is 2.36. The number of hydrogen-bond donors (Lipinski definition) is 1. The molecule has 0 radical (unpaired) electrons. The molecular formula is C18H20O4. The van der Waals surface area contributed by atoms with Crippen molar-refractivity contribution in [2.45, 2.75) is 19.3 Å². The average Bonchev–Trinajstić information content (AvgIpc) is 2.54. The van der Waals surface area contributed by atoms with Crippen LogP contribution in [0, 0.1) is 0 Å². The van der Waals surface area contributed by atoms with Crippen LogP contribution in [0.15, 0.2) is 48.5 Å². The number of aliphatic hydroxyl groups excluding tert-OH is 1. The van der Waals surface area contributed by atoms with Crippen molar-refractivity contribution in [3.8, 4) is 11.5 Å². The van der Waals surface area contributed by atoms with E-state index in [9.17, 15) is 9.90 Å². The second-order valence-electron chi connectivity index (χ2n) is 5.34. The second-order valence-corrected chi connectivity index (χ2v) is 5.34. The lowest BCUT2D eigenvalue weighted by Gasteiger charge is -2.29. The first-order chi connectivity index (χ1) is 10.5. The van der Waals surface area contributed by atoms with E-state index in [0.29, 0.717) is 5.75 Å². The summed E-state index contributed by atoms with van der Waals surface area (Å²) in [6.45, 7) is 3.30. The highest BCUT2D eigenvalue weighted by Gasteiger charge is 2.28. The number of aliphatic hydroxyl groups is 1. The summed E-state index contributed by atoms with van der Waals surface area (Å²) in [5.41, 5.74) is 1.38. The van der Waals surface area contributed by atoms with Gasteiger partial charge in [-0.1, -0.05) is 24.3 Å². The van der Waals surface area contributed by atoms with Gasteiger partial charge in [-0.3, -0.25) is 4.79 Å². The summed E-state index contributed by atoms with van der Waals surface area (Å²) in [6.07, 6.45) is 0. The lowest BCUT2D eigenvalue weighted by atomic mass is 9.77. The van der Waals surface area contributed by atoms with Crippen LogP contribution in [0.25, 0.3) is 0 Å². The minimum Gasteiger partial charge on any atom is -0.497 e. The van der Waals surface area contributed by atoms with Gasteiger partial charge >= 0.3 is 5.97 Å². The molecule has 22 heavy (non-hydrogen) atoms. The van der Waals surface area contributed by atoms with E-state index < -0.39 is 5.41 Å². The van der Waals surface area contributed by atoms with Gasteiger partial charge in [-0.2, -0.15) is 0 Å². The highest BCUT2D eigenvalue weighted by atomic mass is 16.5. The van der Waals surface area contributed by atoms with Crippen molar-refractivity contribution >= 4 is 5.97 Å². The molecule has 1 N–H and O–H groups in total. The quantitative estimate of drug-likeness (QED) is 0.681. The Kier molecular flexibility index (Phi) is 4.83. The maximum absolute atomic E-state index is 11.0. The molecule has 0 saturated heterocycles. The molecule has 4 nitrogen and oxygen atoms in total. The molecule has 0 bridgehead atoms. The van der Waals surface area contributed by atoms with Crippen molar-refractivity contribution in [3.63, 3.8) is 0 Å². The zero-order chi connectivity index (χ0) is 16.2. The van der Waals surface area contributed by atoms with E-state index in [1.54, 1.807) is 19.2 Å². The van der Waals surface area contributed by atoms with Gasteiger partial charge in [0.2, 0.25) is 0 Å². The van der Waals surface area contributed by atoms with E-state index >= 15 is 0 Å². The molecule has 0 heterocycles. The first-order valence-corrected chi connectivity index (χ1v) is 7.04. The fraction of sp³-hybridized carbons (Fsp3) is 0.278. The van der Waals surface area contributed by atoms with Crippen LogP contribution in [-0.2, 0) is 10.2 Å². The molecule has 0 aliphatic rings. The summed E-state index contributed by atoms with van der Waals surface area (Å²) < 4.78 is 10.2. The SMILES string of the molecule is COc1ccc(C(C)(CO)c2ccc(OC(C)=O)cc2)cc1. The van der Waals surface area contributed by atoms with E-state index in [1.807, 2.05) is 43.3 Å². The van der Waals surface area contributed by atoms with Gasteiger partial charge in [0.1, 0.15) is 11.5 Å². The Bertz CT molecular complexity index is 631. The Morgan fingerprint density at radius 1 is 1.00 bits per heavy atom. The second kappa shape index (κ2) is 6.62. The maximum Gasteiger partial charge on any atom is 0.308 e. The molecule has 0 spiro atoms. The first-order valence-electron chi connectivity index (χ1n) is 7.04. The van der Waals surface area contributed by atoms with Crippen LogP contribution >= 0.6 is 0 Å². The minimum atomic E-state index is -0.541. The smallest absolute Gasteiger partial charge is 0.308 e. The van der Waals surface area contributed by atoms with Gasteiger partial charge in [-0.15, -0.1) is 0 Å². The third-order valence-electron chi connectivity index (χ3n) is 3.80. The number of carbonyl (C=O) groups excluding carboxylic acids is 1. The molecule has 1 atom stereocenters. The molecule has 0 fully saturated rings. The summed E-state index contributed by atoms with van der Waals surface area (Å²) in [4.78, 5) is 11.0. The fourth-order valence-corrected chi connectivity index (χ4v) is 2.36. The van der Waals surface area contributed by atoms with E-state index in [1.165, 1.54) is 6.92 Å². The highest BCUT2D eigenvalue weighted by Crippen LogP contribution is 2.33. The van der Waals surface area contributed by atoms with Crippen LogP contribution in [0.1, 0.15) is 25.0 Å². The zero-order valence-corrected chi connectivity index (χ0v) is 13.0. The van der Waals surface area contributed by atoms with Crippen LogP contribution in [0.2, 0.25) is 0 Å². The van der Waals surface area contributed by atoms with E-state index in [4.69, 9.17) is 9.47 Å². The Morgan fingerprint density at radius 2 is 1.45 bits per heavy atom. The molecule has 116 valence electrons. The molecule has 1 unspecified atom stereocenters. The number of methoxy groups -OCH3 is 1. The highest BCUT2D eigenvalue weighted by molar-refractivity contribution is 5.69. The zero-order valence-electron chi connectivity index (χ0n) is 13.0. The minimum absolute atomic E-state index is 0.0355. The van der Waals surface area contributed by atoms with Gasteiger partial charge in [0.25, 0.3) is 0 Å². The molecule has 0 aliphatic heterocycles. The monoisotopic (exact) mass is 300 g/mol. The average molecular weight is 300 g/mol. The lowest BCUT2D eigenvalue weighted by Crippen LogP contribution is -2.28. The normalized spacial score (nSPS) is 13.3. The van der Waals surface area contributed by atoms with E-state index in [2.05, 4.69) is 0 Å². The summed E-state index contributed by atoms with van der Waals surface area (Å²) in [7, 11) is 1.62. The molecule has 2 aromatic carbocycles. The van der Waals surface area contributed by atoms with Gasteiger partial charge in [-0.25, -0.2) is 0 Å². The van der Waals surface area contributed by atoms with Crippen molar-refractivity contribution in [3.05, 3.63) is 59.7 Å². The van der Waals surface area contributed by atoms with Crippen LogP contribution in [0.4, 0.5) is 0 Å². The molecule has 0 aromatic heterocycles. The van der Waals surface area contributed by atoms with Gasteiger partial charge in [0, 0.05) is 12.3 Å². The lowest BCUT2D eigenvalue weighted by molar-refractivity contribution is -0.131. The number of carbonyl (C=O) groups is 1. The van der Waals surface area contributed by atoms with Gasteiger partial charge in [0.15, 0.2) is 0 Å². The number of ether oxygens (including phenoxy) is 2. The molecule has 0 saturated carbocycles. The maximum atomic E-state index is 11.0. The Hall–Kier alpha value is -2.33. The molecule has 0 aliphatic carbocycles. The largest absolute Gasteiger partial charge is 0.497 e. The third kappa shape index (κ3) is 3.28. The van der Waals surface area contributed by atoms with Crippen LogP contribution < -0.4 is 9.47 Å². The topological polar surface area (TPSA) is 55.8 Å². The standard InChI is InChI=1S/C18H20O4/c1-13(20)22-17-10-6-15(7-11-17)18(2,12-19)14-4-8-16(21-3)9-5-14/h4-11,19H,12H2,1-3H3. The van der Waals surface area contributed by atoms with Crippen LogP contribution in [-0.4, -0.2) is 24.8 Å². The summed E-state index contributed by atoms with van der Waals surface area (Å²) in [5.74, 6) is 0.911. The van der Waals surface area contributed by atoms with E-state index in [-0.39, 0.29) is 12.6 Å². The van der Waals surface area contributed by atoms with Gasteiger partial charge < -0.3 is 14.6 Å². The summed E-state index contributed by atoms with van der Waals surface area (Å²) in [5, 5.41) is 9.92. The molecule has 4 heteroatoms. The Balaban J connectivity index is 2.33. The van der Waals surface area contributed by atoms with Crippen LogP contribution in [0.3, 0.4) is 0 Å². The van der Waals surface area contributed by atoms with Crippen molar-refractivity contribution in [1.29, 1.82) is 0 Å². The van der Waals surface area contributed by atoms with Gasteiger partial charge in [0.05, 0.1) is 13.7 Å². The molecular weight excluding hydrogens is 280 g/mol. The van der Waals surface area contributed by atoms with Crippen molar-refractivity contribution in [2.24, 2.45) is 0 Å². The van der Waals surface area contributed by atoms with Crippen molar-refractivity contribution in [1.82, 2.24) is 0 Å². The number of benzene rings is 2. The Morgan fingerprint density at radius 3 is 1.82 bits per heavy atom.